The minimum atomic E-state index is -5.08. The molecule has 9 nitrogen and oxygen atoms in total. The highest BCUT2D eigenvalue weighted by atomic mass is 19.4. The maximum atomic E-state index is 12.7. The van der Waals surface area contributed by atoms with Gasteiger partial charge in [0.05, 0.1) is 36.7 Å². The second-order valence-corrected chi connectivity index (χ2v) is 7.83. The molecule has 182 valence electrons. The predicted molar refractivity (Wildman–Crippen MR) is 109 cm³/mol. The summed E-state index contributed by atoms with van der Waals surface area (Å²) in [5, 5.41) is 15.9. The van der Waals surface area contributed by atoms with E-state index in [0.29, 0.717) is 60.9 Å². The fourth-order valence-electron chi connectivity index (χ4n) is 3.89. The molecule has 3 atom stereocenters. The van der Waals surface area contributed by atoms with Crippen LogP contribution in [0.1, 0.15) is 28.1 Å². The van der Waals surface area contributed by atoms with E-state index in [9.17, 15) is 18.0 Å². The number of carboxylic acid groups (broad SMARTS) is 1. The number of halogens is 3. The first kappa shape index (κ1) is 25.0. The van der Waals surface area contributed by atoms with Crippen LogP contribution >= 0.6 is 0 Å². The van der Waals surface area contributed by atoms with Gasteiger partial charge < -0.3 is 23.9 Å². The van der Waals surface area contributed by atoms with Crippen molar-refractivity contribution < 1.29 is 41.8 Å². The van der Waals surface area contributed by atoms with Gasteiger partial charge in [-0.15, -0.1) is 0 Å². The number of aromatic nitrogens is 1. The van der Waals surface area contributed by atoms with Gasteiger partial charge in [0.15, 0.2) is 0 Å². The number of fused-ring (bicyclic) bond motifs is 1. The Morgan fingerprint density at radius 3 is 2.62 bits per heavy atom. The minimum Gasteiger partial charge on any atom is -0.478 e. The molecule has 2 saturated heterocycles. The van der Waals surface area contributed by atoms with Gasteiger partial charge in [-0.25, -0.2) is 9.78 Å². The van der Waals surface area contributed by atoms with Crippen LogP contribution in [0.25, 0.3) is 0 Å². The molecule has 2 fully saturated rings. The van der Waals surface area contributed by atoms with Gasteiger partial charge in [-0.1, -0.05) is 0 Å². The number of likely N-dealkylation sites (tertiary alicyclic amines) is 1. The van der Waals surface area contributed by atoms with Crippen molar-refractivity contribution in [3.63, 3.8) is 0 Å². The highest BCUT2D eigenvalue weighted by Crippen LogP contribution is 2.36. The summed E-state index contributed by atoms with van der Waals surface area (Å²) in [4.78, 5) is 27.5. The van der Waals surface area contributed by atoms with Crippen LogP contribution in [0.2, 0.25) is 0 Å². The second kappa shape index (κ2) is 10.6. The third kappa shape index (κ3) is 6.05. The van der Waals surface area contributed by atoms with E-state index in [4.69, 9.17) is 29.1 Å². The topological polar surface area (TPSA) is 126 Å². The number of carboxylic acids is 1. The summed E-state index contributed by atoms with van der Waals surface area (Å²) in [6, 6.07) is 7.15. The van der Waals surface area contributed by atoms with Gasteiger partial charge in [0.1, 0.15) is 11.8 Å². The first-order valence-electron chi connectivity index (χ1n) is 10.3. The molecule has 0 saturated carbocycles. The molecule has 2 aromatic heterocycles. The van der Waals surface area contributed by atoms with Crippen molar-refractivity contribution >= 4 is 11.9 Å². The lowest BCUT2D eigenvalue weighted by atomic mass is 9.91. The van der Waals surface area contributed by atoms with Gasteiger partial charge in [-0.3, -0.25) is 4.79 Å². The predicted octanol–water partition coefficient (Wildman–Crippen LogP) is 3.04. The maximum absolute atomic E-state index is 12.7. The molecule has 1 N–H and O–H groups in total. The van der Waals surface area contributed by atoms with E-state index in [1.807, 2.05) is 11.0 Å². The molecule has 0 bridgehead atoms. The van der Waals surface area contributed by atoms with Crippen molar-refractivity contribution in [1.82, 2.24) is 9.88 Å². The van der Waals surface area contributed by atoms with Gasteiger partial charge in [0.2, 0.25) is 5.88 Å². The fraction of sp³-hybridized carbons (Fsp3) is 0.455. The van der Waals surface area contributed by atoms with E-state index in [2.05, 4.69) is 4.98 Å². The van der Waals surface area contributed by atoms with Crippen molar-refractivity contribution in [1.29, 1.82) is 5.26 Å². The van der Waals surface area contributed by atoms with Gasteiger partial charge >= 0.3 is 12.1 Å². The summed E-state index contributed by atoms with van der Waals surface area (Å²) in [7, 11) is 0. The number of hydrogen-bond donors (Lipinski definition) is 1. The molecule has 0 aliphatic carbocycles. The van der Waals surface area contributed by atoms with E-state index in [1.165, 1.54) is 6.20 Å². The average molecular weight is 481 g/mol. The lowest BCUT2D eigenvalue weighted by molar-refractivity contribution is -0.192. The summed E-state index contributed by atoms with van der Waals surface area (Å²) >= 11 is 0. The Kier molecular flexibility index (Phi) is 7.78. The van der Waals surface area contributed by atoms with Crippen molar-refractivity contribution in [3.8, 4) is 11.9 Å². The second-order valence-electron chi connectivity index (χ2n) is 7.83. The summed E-state index contributed by atoms with van der Waals surface area (Å²) in [6.45, 7) is 4.37. The Labute approximate surface area is 192 Å². The smallest absolute Gasteiger partial charge is 0.478 e. The zero-order valence-electron chi connectivity index (χ0n) is 18.1. The lowest BCUT2D eigenvalue weighted by Gasteiger charge is -2.19. The molecule has 0 radical (unpaired) electrons. The summed E-state index contributed by atoms with van der Waals surface area (Å²) in [5.74, 6) is -0.889. The van der Waals surface area contributed by atoms with Crippen LogP contribution in [-0.2, 0) is 9.53 Å². The molecule has 2 aliphatic heterocycles. The molecule has 12 heteroatoms. The number of aliphatic carboxylic acids is 1. The molecule has 2 aromatic rings. The number of nitriles is 1. The first-order valence-corrected chi connectivity index (χ1v) is 10.3. The number of alkyl halides is 3. The van der Waals surface area contributed by atoms with Crippen LogP contribution in [0.15, 0.2) is 35.1 Å². The molecule has 34 heavy (non-hydrogen) atoms. The molecule has 4 heterocycles. The van der Waals surface area contributed by atoms with E-state index in [1.54, 1.807) is 31.4 Å². The molecule has 0 unspecified atom stereocenters. The summed E-state index contributed by atoms with van der Waals surface area (Å²) in [6.07, 6.45) is -1.09. The number of aryl methyl sites for hydroxylation is 1. The van der Waals surface area contributed by atoms with Crippen molar-refractivity contribution in [2.24, 2.45) is 11.8 Å². The number of ether oxygens (including phenoxy) is 2. The molecule has 2 aliphatic rings. The number of carbonyl (C=O) groups excluding carboxylic acids is 1. The van der Waals surface area contributed by atoms with Crippen molar-refractivity contribution in [2.45, 2.75) is 25.6 Å². The standard InChI is InChI=1S/C20H21N3O4.C2HF3O2/c1-13-16(5-7-25-13)20(24)23-10-17-15(12-27-18(17)11-23)4-6-26-19-3-2-14(8-21)9-22-19;3-2(4,5)1(6)7/h2-3,5,7,9,15,17-18H,4,6,10-12H2,1H3;(H,6,7)/t15-,17-,18-;/m0./s1. The zero-order valence-corrected chi connectivity index (χ0v) is 18.1. The number of carbonyl (C=O) groups is 2. The van der Waals surface area contributed by atoms with Gasteiger partial charge in [-0.05, 0) is 31.4 Å². The normalized spacial score (nSPS) is 21.3. The van der Waals surface area contributed by atoms with Crippen LogP contribution in [0, 0.1) is 30.1 Å². The SMILES string of the molecule is Cc1occc1C(=O)N1C[C@H]2[C@@H](CCOc3ccc(C#N)cn3)CO[C@H]2C1.O=C(O)C(F)(F)F. The number of nitrogens with zero attached hydrogens (tertiary/aromatic N) is 3. The Morgan fingerprint density at radius 2 is 2.06 bits per heavy atom. The third-order valence-electron chi connectivity index (χ3n) is 5.66. The zero-order chi connectivity index (χ0) is 24.9. The molecule has 0 aromatic carbocycles. The van der Waals surface area contributed by atoms with E-state index in [0.717, 1.165) is 6.42 Å². The highest BCUT2D eigenvalue weighted by molar-refractivity contribution is 5.95. The monoisotopic (exact) mass is 481 g/mol. The number of furan rings is 1. The van der Waals surface area contributed by atoms with Crippen molar-refractivity contribution in [3.05, 3.63) is 47.5 Å². The Bertz CT molecular complexity index is 1050. The molecule has 1 amide bonds. The van der Waals surface area contributed by atoms with Gasteiger partial charge in [0.25, 0.3) is 5.91 Å². The summed E-state index contributed by atoms with van der Waals surface area (Å²) in [5.41, 5.74) is 1.14. The highest BCUT2D eigenvalue weighted by Gasteiger charge is 2.45. The third-order valence-corrected chi connectivity index (χ3v) is 5.66. The van der Waals surface area contributed by atoms with Crippen LogP contribution in [0.4, 0.5) is 13.2 Å². The van der Waals surface area contributed by atoms with Crippen LogP contribution < -0.4 is 4.74 Å². The number of amides is 1. The number of rotatable bonds is 5. The molecule has 0 spiro atoms. The Balaban J connectivity index is 0.000000406. The van der Waals surface area contributed by atoms with Crippen LogP contribution in [0.3, 0.4) is 0 Å². The average Bonchev–Trinajstić information content (AvgIpc) is 3.50. The Hall–Kier alpha value is -3.59. The largest absolute Gasteiger partial charge is 0.490 e. The van der Waals surface area contributed by atoms with Crippen LogP contribution in [0.5, 0.6) is 5.88 Å². The molecular formula is C22H22F3N3O6. The van der Waals surface area contributed by atoms with E-state index >= 15 is 0 Å². The number of hydrogen-bond acceptors (Lipinski definition) is 7. The van der Waals surface area contributed by atoms with Gasteiger partial charge in [-0.2, -0.15) is 18.4 Å². The Morgan fingerprint density at radius 1 is 1.32 bits per heavy atom. The summed E-state index contributed by atoms with van der Waals surface area (Å²) < 4.78 is 48.6. The molecule has 4 rings (SSSR count). The molecular weight excluding hydrogens is 459 g/mol. The number of pyridine rings is 1. The first-order chi connectivity index (χ1) is 16.1. The lowest BCUT2D eigenvalue weighted by Crippen LogP contribution is -2.31. The van der Waals surface area contributed by atoms with E-state index in [-0.39, 0.29) is 12.0 Å². The quantitative estimate of drug-likeness (QED) is 0.691. The van der Waals surface area contributed by atoms with Crippen LogP contribution in [-0.4, -0.2) is 65.5 Å². The van der Waals surface area contributed by atoms with Crippen molar-refractivity contribution in [2.75, 3.05) is 26.3 Å². The van der Waals surface area contributed by atoms with E-state index < -0.39 is 12.1 Å². The minimum absolute atomic E-state index is 0.0102. The van der Waals surface area contributed by atoms with Gasteiger partial charge in [0, 0.05) is 31.3 Å². The maximum Gasteiger partial charge on any atom is 0.490 e. The fourth-order valence-corrected chi connectivity index (χ4v) is 3.89.